The van der Waals surface area contributed by atoms with Crippen LogP contribution in [0.3, 0.4) is 0 Å². The number of unbranched alkanes of at least 4 members (excludes halogenated alkanes) is 47. The van der Waals surface area contributed by atoms with E-state index in [0.29, 0.717) is 17.4 Å². The van der Waals surface area contributed by atoms with E-state index in [4.69, 9.17) is 9.05 Å². The zero-order chi connectivity index (χ0) is 54.9. The van der Waals surface area contributed by atoms with Gasteiger partial charge in [0, 0.05) is 6.42 Å². The van der Waals surface area contributed by atoms with Crippen molar-refractivity contribution >= 4 is 13.7 Å². The maximum absolute atomic E-state index is 13.0. The predicted molar refractivity (Wildman–Crippen MR) is 328 cm³/mol. The number of amides is 1. The number of allylic oxidation sites excluding steroid dienone is 3. The molecule has 446 valence electrons. The van der Waals surface area contributed by atoms with Crippen LogP contribution in [0.2, 0.25) is 0 Å². The Bertz CT molecular complexity index is 1270. The zero-order valence-electron chi connectivity index (χ0n) is 51.1. The van der Waals surface area contributed by atoms with Crippen LogP contribution in [-0.4, -0.2) is 73.4 Å². The van der Waals surface area contributed by atoms with E-state index in [1.165, 1.54) is 283 Å². The summed E-state index contributed by atoms with van der Waals surface area (Å²) in [5, 5.41) is 14.0. The van der Waals surface area contributed by atoms with Crippen LogP contribution < -0.4 is 5.32 Å². The lowest BCUT2D eigenvalue weighted by molar-refractivity contribution is -0.870. The second kappa shape index (κ2) is 57.7. The second-order valence-electron chi connectivity index (χ2n) is 24.2. The Hall–Kier alpha value is -1.02. The van der Waals surface area contributed by atoms with Crippen LogP contribution >= 0.6 is 7.82 Å². The molecule has 0 aromatic rings. The molecule has 75 heavy (non-hydrogen) atoms. The van der Waals surface area contributed by atoms with Crippen LogP contribution in [0.15, 0.2) is 24.3 Å². The molecule has 0 aromatic carbocycles. The van der Waals surface area contributed by atoms with E-state index in [1.54, 1.807) is 6.08 Å². The number of likely N-dealkylation sites (N-methyl/N-ethyl adjacent to an activating group) is 1. The predicted octanol–water partition coefficient (Wildman–Crippen LogP) is 20.7. The van der Waals surface area contributed by atoms with Crippen molar-refractivity contribution in [1.29, 1.82) is 0 Å². The molecule has 3 unspecified atom stereocenters. The largest absolute Gasteiger partial charge is 0.472 e. The number of carbonyl (C=O) groups is 1. The molecule has 9 heteroatoms. The summed E-state index contributed by atoms with van der Waals surface area (Å²) in [5.74, 6) is -0.179. The van der Waals surface area contributed by atoms with Crippen molar-refractivity contribution in [3.05, 3.63) is 24.3 Å². The molecule has 0 saturated heterocycles. The first-order chi connectivity index (χ1) is 36.5. The number of hydrogen-bond acceptors (Lipinski definition) is 5. The van der Waals surface area contributed by atoms with Gasteiger partial charge in [0.25, 0.3) is 0 Å². The van der Waals surface area contributed by atoms with Gasteiger partial charge in [-0.25, -0.2) is 4.57 Å². The van der Waals surface area contributed by atoms with Gasteiger partial charge in [-0.05, 0) is 32.1 Å². The highest BCUT2D eigenvalue weighted by Gasteiger charge is 2.28. The molecule has 0 radical (unpaired) electrons. The Morgan fingerprint density at radius 3 is 1.07 bits per heavy atom. The first-order valence-corrected chi connectivity index (χ1v) is 34.7. The maximum Gasteiger partial charge on any atom is 0.472 e. The monoisotopic (exact) mass is 1080 g/mol. The van der Waals surface area contributed by atoms with E-state index in [0.717, 1.165) is 38.5 Å². The molecule has 0 heterocycles. The third kappa shape index (κ3) is 60.5. The van der Waals surface area contributed by atoms with Gasteiger partial charge >= 0.3 is 7.82 Å². The van der Waals surface area contributed by atoms with Crippen molar-refractivity contribution < 1.29 is 32.9 Å². The average Bonchev–Trinajstić information content (AvgIpc) is 3.37. The average molecular weight is 1080 g/mol. The molecule has 1 amide bonds. The molecule has 8 nitrogen and oxygen atoms in total. The summed E-state index contributed by atoms with van der Waals surface area (Å²) in [6.07, 6.45) is 74.6. The van der Waals surface area contributed by atoms with E-state index in [-0.39, 0.29) is 19.1 Å². The third-order valence-corrected chi connectivity index (χ3v) is 16.4. The molecule has 0 fully saturated rings. The highest BCUT2D eigenvalue weighted by Crippen LogP contribution is 2.43. The van der Waals surface area contributed by atoms with Crippen molar-refractivity contribution in [1.82, 2.24) is 5.32 Å². The van der Waals surface area contributed by atoms with Crippen LogP contribution in [0.25, 0.3) is 0 Å². The van der Waals surface area contributed by atoms with Crippen molar-refractivity contribution in [2.75, 3.05) is 40.9 Å². The number of phosphoric ester groups is 1. The van der Waals surface area contributed by atoms with E-state index >= 15 is 0 Å². The lowest BCUT2D eigenvalue weighted by Crippen LogP contribution is -2.45. The van der Waals surface area contributed by atoms with Gasteiger partial charge in [0.2, 0.25) is 5.91 Å². The second-order valence-corrected chi connectivity index (χ2v) is 25.7. The number of nitrogens with one attached hydrogen (secondary N) is 1. The van der Waals surface area contributed by atoms with Crippen molar-refractivity contribution in [3.63, 3.8) is 0 Å². The third-order valence-electron chi connectivity index (χ3n) is 15.4. The first kappa shape index (κ1) is 74.0. The lowest BCUT2D eigenvalue weighted by atomic mass is 10.0. The SMILES string of the molecule is CCCCCCCCCCCCCCCCCCCCCCCCC/C=C/CC/C=C/C(O)C(COP(=O)(O)OCC[N+](C)(C)C)NC(=O)CCCCCCCCCCCCCCCCCCCCCCCCCC. The molecular weight excluding hydrogens is 948 g/mol. The summed E-state index contributed by atoms with van der Waals surface area (Å²) < 4.78 is 23.8. The smallest absolute Gasteiger partial charge is 0.387 e. The number of aliphatic hydroxyl groups is 1. The normalized spacial score (nSPS) is 13.9. The fraction of sp³-hybridized carbons (Fsp3) is 0.924. The van der Waals surface area contributed by atoms with Gasteiger partial charge in [0.05, 0.1) is 39.9 Å². The number of nitrogens with zero attached hydrogens (tertiary/aromatic N) is 1. The van der Waals surface area contributed by atoms with Gasteiger partial charge in [-0.2, -0.15) is 0 Å². The van der Waals surface area contributed by atoms with Crippen LogP contribution in [0.1, 0.15) is 341 Å². The highest BCUT2D eigenvalue weighted by molar-refractivity contribution is 7.47. The Kier molecular flexibility index (Phi) is 56.9. The van der Waals surface area contributed by atoms with Crippen molar-refractivity contribution in [3.8, 4) is 0 Å². The topological polar surface area (TPSA) is 105 Å². The lowest BCUT2D eigenvalue weighted by Gasteiger charge is -2.25. The van der Waals surface area contributed by atoms with Gasteiger partial charge in [0.1, 0.15) is 13.2 Å². The molecule has 3 atom stereocenters. The van der Waals surface area contributed by atoms with E-state index < -0.39 is 20.0 Å². The zero-order valence-corrected chi connectivity index (χ0v) is 52.0. The van der Waals surface area contributed by atoms with Crippen LogP contribution in [0.5, 0.6) is 0 Å². The number of carbonyl (C=O) groups excluding carboxylic acids is 1. The van der Waals surface area contributed by atoms with Crippen LogP contribution in [-0.2, 0) is 18.4 Å². The highest BCUT2D eigenvalue weighted by atomic mass is 31.2. The van der Waals surface area contributed by atoms with Crippen LogP contribution in [0.4, 0.5) is 0 Å². The van der Waals surface area contributed by atoms with Gasteiger partial charge in [-0.3, -0.25) is 13.8 Å². The van der Waals surface area contributed by atoms with E-state index in [2.05, 4.69) is 31.3 Å². The molecule has 0 saturated carbocycles. The van der Waals surface area contributed by atoms with Gasteiger partial charge < -0.3 is 19.8 Å². The summed E-state index contributed by atoms with van der Waals surface area (Å²) in [4.78, 5) is 23.4. The van der Waals surface area contributed by atoms with Gasteiger partial charge in [-0.1, -0.05) is 327 Å². The summed E-state index contributed by atoms with van der Waals surface area (Å²) in [5.41, 5.74) is 0. The Labute approximate surface area is 468 Å². The summed E-state index contributed by atoms with van der Waals surface area (Å²) in [6, 6.07) is -0.861. The van der Waals surface area contributed by atoms with Crippen molar-refractivity contribution in [2.24, 2.45) is 0 Å². The van der Waals surface area contributed by atoms with Crippen LogP contribution in [0, 0.1) is 0 Å². The molecule has 0 aliphatic heterocycles. The number of phosphoric acid groups is 1. The Morgan fingerprint density at radius 2 is 0.733 bits per heavy atom. The molecule has 0 aliphatic rings. The molecular formula is C66H132N2O6P+. The quantitative estimate of drug-likeness (QED) is 0.0243. The number of hydrogen-bond donors (Lipinski definition) is 3. The first-order valence-electron chi connectivity index (χ1n) is 33.2. The number of rotatable bonds is 62. The molecule has 0 spiro atoms. The van der Waals surface area contributed by atoms with E-state index in [9.17, 15) is 19.4 Å². The fourth-order valence-corrected chi connectivity index (χ4v) is 11.0. The Morgan fingerprint density at radius 1 is 0.440 bits per heavy atom. The van der Waals surface area contributed by atoms with Gasteiger partial charge in [0.15, 0.2) is 0 Å². The Balaban J connectivity index is 4.12. The molecule has 0 aliphatic carbocycles. The number of aliphatic hydroxyl groups excluding tert-OH is 1. The minimum absolute atomic E-state index is 0.0590. The molecule has 0 bridgehead atoms. The standard InChI is InChI=1S/C66H131N2O6P/c1-6-8-10-12-14-16-18-20-22-24-26-28-30-32-33-34-35-36-37-39-41-43-45-47-49-51-53-55-57-59-65(69)64(63-74-75(71,72)73-62-61-68(3,4)5)67-66(70)60-58-56-54-52-50-48-46-44-42-40-38-31-29-27-25-23-21-19-17-15-13-11-9-7-2/h49,51,57,59,64-65,69H,6-48,50,52-56,58,60-63H2,1-5H3,(H-,67,70,71,72)/p+1/b51-49+,59-57+. The summed E-state index contributed by atoms with van der Waals surface area (Å²) in [7, 11) is 1.57. The summed E-state index contributed by atoms with van der Waals surface area (Å²) >= 11 is 0. The molecule has 0 aromatic heterocycles. The molecule has 0 rings (SSSR count). The maximum atomic E-state index is 13.0. The minimum Gasteiger partial charge on any atom is -0.387 e. The molecule has 3 N–H and O–H groups in total. The van der Waals surface area contributed by atoms with Crippen molar-refractivity contribution in [2.45, 2.75) is 353 Å². The summed E-state index contributed by atoms with van der Waals surface area (Å²) in [6.45, 7) is 4.86. The van der Waals surface area contributed by atoms with Gasteiger partial charge in [-0.15, -0.1) is 0 Å². The fourth-order valence-electron chi connectivity index (χ4n) is 10.2. The van der Waals surface area contributed by atoms with E-state index in [1.807, 2.05) is 27.2 Å². The minimum atomic E-state index is -4.36. The number of quaternary nitrogens is 1.